The van der Waals surface area contributed by atoms with Gasteiger partial charge in [0.25, 0.3) is 5.91 Å². The fourth-order valence-corrected chi connectivity index (χ4v) is 4.76. The topological polar surface area (TPSA) is 131 Å². The quantitative estimate of drug-likeness (QED) is 0.631. The molecule has 1 aliphatic rings. The van der Waals surface area contributed by atoms with E-state index < -0.39 is 27.7 Å². The third-order valence-electron chi connectivity index (χ3n) is 4.41. The second-order valence-corrected chi connectivity index (χ2v) is 8.07. The summed E-state index contributed by atoms with van der Waals surface area (Å²) in [7, 11) is -1.76. The van der Waals surface area contributed by atoms with Crippen molar-refractivity contribution >= 4 is 21.5 Å². The number of aryl methyl sites for hydroxylation is 1. The van der Waals surface area contributed by atoms with Gasteiger partial charge < -0.3 is 15.0 Å². The second-order valence-electron chi connectivity index (χ2n) is 6.28. The van der Waals surface area contributed by atoms with Gasteiger partial charge in [-0.1, -0.05) is 0 Å². The predicted octanol–water partition coefficient (Wildman–Crippen LogP) is 1.51. The maximum Gasteiger partial charge on any atom is 0.272 e. The maximum absolute atomic E-state index is 13.5. The summed E-state index contributed by atoms with van der Waals surface area (Å²) in [5.74, 6) is -1.20. The van der Waals surface area contributed by atoms with Crippen molar-refractivity contribution in [1.29, 1.82) is 10.0 Å². The molecule has 2 aromatic rings. The Labute approximate surface area is 155 Å². The van der Waals surface area contributed by atoms with Crippen LogP contribution in [0.4, 0.5) is 10.1 Å². The molecule has 8 nitrogen and oxygen atoms in total. The number of hydrogen-bond donors (Lipinski definition) is 4. The average Bonchev–Trinajstić information content (AvgIpc) is 2.91. The zero-order valence-electron chi connectivity index (χ0n) is 14.5. The van der Waals surface area contributed by atoms with E-state index in [4.69, 9.17) is 10.0 Å². The van der Waals surface area contributed by atoms with E-state index in [9.17, 15) is 18.5 Å². The van der Waals surface area contributed by atoms with E-state index in [0.29, 0.717) is 18.4 Å². The van der Waals surface area contributed by atoms with Gasteiger partial charge in [-0.15, -0.1) is 0 Å². The van der Waals surface area contributed by atoms with E-state index in [0.717, 1.165) is 6.07 Å². The molecule has 3 rings (SSSR count). The second kappa shape index (κ2) is 7.11. The molecule has 1 aromatic heterocycles. The molecule has 0 spiro atoms. The lowest BCUT2D eigenvalue weighted by atomic mass is 10.1. The third kappa shape index (κ3) is 3.57. The zero-order chi connectivity index (χ0) is 19.8. The Kier molecular flexibility index (Phi) is 5.01. The Morgan fingerprint density at radius 3 is 3.00 bits per heavy atom. The number of carbonyl (C=O) groups is 1. The van der Waals surface area contributed by atoms with Crippen LogP contribution >= 0.6 is 0 Å². The molecule has 0 saturated heterocycles. The van der Waals surface area contributed by atoms with Gasteiger partial charge in [-0.05, 0) is 31.0 Å². The summed E-state index contributed by atoms with van der Waals surface area (Å²) in [5.41, 5.74) is 0.761. The average molecular weight is 391 g/mol. The highest BCUT2D eigenvalue weighted by molar-refractivity contribution is 7.90. The SMILES string of the molecule is Cn1cc2c(c1C(=O)Nc1ccc(F)c(C#N)c1)CC[C@H](CO)NS2(=N)=O. The van der Waals surface area contributed by atoms with Gasteiger partial charge in [0.1, 0.15) is 27.5 Å². The third-order valence-corrected chi connectivity index (χ3v) is 6.05. The molecule has 1 amide bonds. The number of fused-ring (bicyclic) bond motifs is 1. The number of nitrogens with zero attached hydrogens (tertiary/aromatic N) is 2. The highest BCUT2D eigenvalue weighted by Crippen LogP contribution is 2.28. The van der Waals surface area contributed by atoms with Crippen molar-refractivity contribution in [2.45, 2.75) is 23.8 Å². The van der Waals surface area contributed by atoms with E-state index in [1.165, 1.54) is 22.9 Å². The van der Waals surface area contributed by atoms with Gasteiger partial charge in [-0.3, -0.25) is 4.79 Å². The van der Waals surface area contributed by atoms with E-state index in [1.807, 2.05) is 0 Å². The summed E-state index contributed by atoms with van der Waals surface area (Å²) >= 11 is 0. The van der Waals surface area contributed by atoms with Gasteiger partial charge in [0.05, 0.1) is 17.1 Å². The van der Waals surface area contributed by atoms with Gasteiger partial charge in [0.15, 0.2) is 0 Å². The summed E-state index contributed by atoms with van der Waals surface area (Å²) in [6.07, 6.45) is 2.25. The van der Waals surface area contributed by atoms with Crippen LogP contribution in [0.15, 0.2) is 29.3 Å². The molecule has 1 unspecified atom stereocenters. The van der Waals surface area contributed by atoms with Crippen molar-refractivity contribution in [3.05, 3.63) is 47.0 Å². The summed E-state index contributed by atoms with van der Waals surface area (Å²) in [6.45, 7) is -0.264. The van der Waals surface area contributed by atoms with Gasteiger partial charge >= 0.3 is 0 Å². The van der Waals surface area contributed by atoms with Crippen LogP contribution in [0.2, 0.25) is 0 Å². The number of aliphatic hydroxyl groups is 1. The fraction of sp³-hybridized carbons (Fsp3) is 0.294. The van der Waals surface area contributed by atoms with Crippen LogP contribution in [0.3, 0.4) is 0 Å². The summed E-state index contributed by atoms with van der Waals surface area (Å²) in [4.78, 5) is 13.0. The molecule has 0 fully saturated rings. The van der Waals surface area contributed by atoms with Crippen LogP contribution in [0.25, 0.3) is 0 Å². The standard InChI is InChI=1S/C17H18FN5O3S/c1-23-8-15-13(4-2-12(9-24)22-27(15,20)26)16(23)17(25)21-11-3-5-14(18)10(6-11)7-19/h3,5-6,8,12,24H,2,4,9H2,1H3,(H,21,25)(H2,20,22,26)/t12-,27?/m1/s1. The van der Waals surface area contributed by atoms with Crippen molar-refractivity contribution in [2.75, 3.05) is 11.9 Å². The summed E-state index contributed by atoms with van der Waals surface area (Å²) in [5, 5.41) is 20.9. The number of halogens is 1. The number of rotatable bonds is 3. The Morgan fingerprint density at radius 2 is 2.33 bits per heavy atom. The number of aromatic nitrogens is 1. The lowest BCUT2D eigenvalue weighted by Crippen LogP contribution is -2.35. The van der Waals surface area contributed by atoms with Gasteiger partial charge in [0.2, 0.25) is 0 Å². The fourth-order valence-electron chi connectivity index (χ4n) is 3.12. The molecular formula is C17H18FN5O3S. The van der Waals surface area contributed by atoms with Crippen LogP contribution in [-0.4, -0.2) is 32.4 Å². The molecule has 2 atom stereocenters. The Hall–Kier alpha value is -2.74. The number of anilines is 1. The van der Waals surface area contributed by atoms with Crippen molar-refractivity contribution in [3.63, 3.8) is 0 Å². The summed E-state index contributed by atoms with van der Waals surface area (Å²) < 4.78 is 38.4. The van der Waals surface area contributed by atoms with Crippen LogP contribution in [0, 0.1) is 21.9 Å². The van der Waals surface area contributed by atoms with Crippen molar-refractivity contribution in [3.8, 4) is 6.07 Å². The first-order chi connectivity index (χ1) is 12.8. The first-order valence-corrected chi connectivity index (χ1v) is 9.68. The van der Waals surface area contributed by atoms with E-state index in [2.05, 4.69) is 10.0 Å². The lowest BCUT2D eigenvalue weighted by molar-refractivity contribution is 0.101. The first-order valence-electron chi connectivity index (χ1n) is 8.13. The van der Waals surface area contributed by atoms with Crippen molar-refractivity contribution < 1.29 is 18.5 Å². The Bertz CT molecular complexity index is 1060. The Morgan fingerprint density at radius 1 is 1.59 bits per heavy atom. The van der Waals surface area contributed by atoms with Crippen LogP contribution in [0.5, 0.6) is 0 Å². The lowest BCUT2D eigenvalue weighted by Gasteiger charge is -2.13. The van der Waals surface area contributed by atoms with Crippen LogP contribution < -0.4 is 10.0 Å². The number of carbonyl (C=O) groups excluding carboxylic acids is 1. The Balaban J connectivity index is 1.98. The molecule has 0 radical (unpaired) electrons. The van der Waals surface area contributed by atoms with Crippen LogP contribution in [0.1, 0.15) is 28.0 Å². The molecule has 142 valence electrons. The molecule has 0 aliphatic carbocycles. The first kappa shape index (κ1) is 19.0. The smallest absolute Gasteiger partial charge is 0.272 e. The van der Waals surface area contributed by atoms with E-state index >= 15 is 0 Å². The number of nitrogens with one attached hydrogen (secondary N) is 3. The minimum absolute atomic E-state index is 0.192. The number of hydrogen-bond acceptors (Lipinski definition) is 5. The molecule has 10 heteroatoms. The van der Waals surface area contributed by atoms with Crippen LogP contribution in [-0.2, 0) is 23.4 Å². The zero-order valence-corrected chi connectivity index (χ0v) is 15.3. The predicted molar refractivity (Wildman–Crippen MR) is 95.9 cm³/mol. The van der Waals surface area contributed by atoms with Gasteiger partial charge in [-0.2, -0.15) is 5.26 Å². The number of benzene rings is 1. The normalized spacial score (nSPS) is 21.8. The molecule has 1 aliphatic heterocycles. The highest BCUT2D eigenvalue weighted by atomic mass is 32.2. The molecule has 27 heavy (non-hydrogen) atoms. The molecular weight excluding hydrogens is 373 g/mol. The van der Waals surface area contributed by atoms with Crippen molar-refractivity contribution in [1.82, 2.24) is 9.29 Å². The van der Waals surface area contributed by atoms with E-state index in [-0.39, 0.29) is 28.4 Å². The number of amides is 1. The highest BCUT2D eigenvalue weighted by Gasteiger charge is 2.30. The van der Waals surface area contributed by atoms with Gasteiger partial charge in [-0.25, -0.2) is 18.1 Å². The number of nitriles is 1. The molecule has 0 bridgehead atoms. The minimum Gasteiger partial charge on any atom is -0.395 e. The maximum atomic E-state index is 13.5. The number of aliphatic hydroxyl groups excluding tert-OH is 1. The molecule has 0 saturated carbocycles. The minimum atomic E-state index is -3.37. The largest absolute Gasteiger partial charge is 0.395 e. The van der Waals surface area contributed by atoms with E-state index in [1.54, 1.807) is 13.1 Å². The molecule has 1 aromatic carbocycles. The molecule has 4 N–H and O–H groups in total. The summed E-state index contributed by atoms with van der Waals surface area (Å²) in [6, 6.07) is 4.87. The molecule has 2 heterocycles. The monoisotopic (exact) mass is 391 g/mol. The van der Waals surface area contributed by atoms with Gasteiger partial charge in [0, 0.05) is 30.5 Å². The van der Waals surface area contributed by atoms with Crippen molar-refractivity contribution in [2.24, 2.45) is 7.05 Å².